The van der Waals surface area contributed by atoms with Crippen LogP contribution in [0.1, 0.15) is 40.0 Å². The minimum atomic E-state index is -0.597. The van der Waals surface area contributed by atoms with Crippen LogP contribution in [-0.4, -0.2) is 43.0 Å². The fourth-order valence-corrected chi connectivity index (χ4v) is 1.63. The van der Waals surface area contributed by atoms with Gasteiger partial charge < -0.3 is 21.3 Å². The van der Waals surface area contributed by atoms with Crippen LogP contribution in [0.3, 0.4) is 0 Å². The predicted molar refractivity (Wildman–Crippen MR) is 79.6 cm³/mol. The number of hydrogen-bond donors (Lipinski definition) is 4. The van der Waals surface area contributed by atoms with E-state index in [1.807, 2.05) is 13.8 Å². The van der Waals surface area contributed by atoms with E-state index in [4.69, 9.17) is 0 Å². The molecule has 120 valence electrons. The van der Waals surface area contributed by atoms with Crippen molar-refractivity contribution in [2.45, 2.75) is 52.1 Å². The van der Waals surface area contributed by atoms with Gasteiger partial charge >= 0.3 is 6.03 Å². The van der Waals surface area contributed by atoms with Crippen LogP contribution in [0.2, 0.25) is 0 Å². The van der Waals surface area contributed by atoms with Gasteiger partial charge in [-0.05, 0) is 33.1 Å². The van der Waals surface area contributed by atoms with Crippen LogP contribution in [-0.2, 0) is 9.59 Å². The molecule has 0 aromatic carbocycles. The third-order valence-corrected chi connectivity index (χ3v) is 3.40. The molecule has 0 spiro atoms. The van der Waals surface area contributed by atoms with E-state index in [9.17, 15) is 14.4 Å². The first-order valence-corrected chi connectivity index (χ1v) is 7.56. The van der Waals surface area contributed by atoms with Crippen molar-refractivity contribution in [1.82, 2.24) is 21.3 Å². The van der Waals surface area contributed by atoms with Crippen LogP contribution in [0.15, 0.2) is 0 Å². The molecule has 1 rings (SSSR count). The fraction of sp³-hybridized carbons (Fsp3) is 0.786. The Labute approximate surface area is 125 Å². The Morgan fingerprint density at radius 1 is 1.05 bits per heavy atom. The molecule has 1 aliphatic carbocycles. The minimum Gasteiger partial charge on any atom is -0.354 e. The molecule has 1 aliphatic rings. The average molecular weight is 298 g/mol. The van der Waals surface area contributed by atoms with Crippen LogP contribution in [0.5, 0.6) is 0 Å². The molecule has 2 atom stereocenters. The van der Waals surface area contributed by atoms with Gasteiger partial charge in [0, 0.05) is 25.0 Å². The lowest BCUT2D eigenvalue weighted by Gasteiger charge is -2.17. The number of urea groups is 1. The molecular formula is C14H26N4O3. The zero-order valence-electron chi connectivity index (χ0n) is 13.0. The number of amides is 4. The van der Waals surface area contributed by atoms with E-state index in [0.29, 0.717) is 13.1 Å². The Balaban J connectivity index is 2.11. The third-order valence-electron chi connectivity index (χ3n) is 3.40. The van der Waals surface area contributed by atoms with Crippen molar-refractivity contribution in [2.75, 3.05) is 13.1 Å². The second-order valence-corrected chi connectivity index (χ2v) is 5.51. The van der Waals surface area contributed by atoms with Crippen LogP contribution < -0.4 is 21.3 Å². The van der Waals surface area contributed by atoms with Crippen LogP contribution in [0.4, 0.5) is 4.79 Å². The van der Waals surface area contributed by atoms with E-state index in [2.05, 4.69) is 21.3 Å². The molecule has 4 amide bonds. The normalized spacial score (nSPS) is 16.5. The van der Waals surface area contributed by atoms with Crippen molar-refractivity contribution in [1.29, 1.82) is 0 Å². The van der Waals surface area contributed by atoms with E-state index >= 15 is 0 Å². The van der Waals surface area contributed by atoms with Crippen LogP contribution >= 0.6 is 0 Å². The molecule has 0 heterocycles. The highest BCUT2D eigenvalue weighted by atomic mass is 16.2. The first-order valence-electron chi connectivity index (χ1n) is 7.56. The largest absolute Gasteiger partial charge is 0.354 e. The summed E-state index contributed by atoms with van der Waals surface area (Å²) in [7, 11) is 0. The van der Waals surface area contributed by atoms with Crippen molar-refractivity contribution < 1.29 is 14.4 Å². The fourth-order valence-electron chi connectivity index (χ4n) is 1.63. The summed E-state index contributed by atoms with van der Waals surface area (Å²) in [5.74, 6) is 0.0168. The molecule has 1 fully saturated rings. The second-order valence-electron chi connectivity index (χ2n) is 5.51. The van der Waals surface area contributed by atoms with Crippen molar-refractivity contribution in [2.24, 2.45) is 5.92 Å². The lowest BCUT2D eigenvalue weighted by atomic mass is 10.2. The Kier molecular flexibility index (Phi) is 6.98. The third kappa shape index (κ3) is 6.97. The number of carbonyl (C=O) groups excluding carboxylic acids is 3. The standard InChI is InChI=1S/C14H26N4O3/c1-4-9(2)17-12(19)10(3)18-14(21)16-8-7-15-13(20)11-5-6-11/h9-11H,4-8H2,1-3H3,(H,15,20)(H,17,19)(H2,16,18,21). The van der Waals surface area contributed by atoms with Gasteiger partial charge in [0.15, 0.2) is 0 Å². The summed E-state index contributed by atoms with van der Waals surface area (Å²) < 4.78 is 0. The molecule has 0 saturated heterocycles. The van der Waals surface area contributed by atoms with Crippen LogP contribution in [0, 0.1) is 5.92 Å². The summed E-state index contributed by atoms with van der Waals surface area (Å²) in [6.07, 6.45) is 2.76. The summed E-state index contributed by atoms with van der Waals surface area (Å²) in [6, 6.07) is -0.926. The quantitative estimate of drug-likeness (QED) is 0.479. The van der Waals surface area contributed by atoms with Gasteiger partial charge in [-0.15, -0.1) is 0 Å². The van der Waals surface area contributed by atoms with Crippen molar-refractivity contribution in [3.8, 4) is 0 Å². The van der Waals surface area contributed by atoms with Gasteiger partial charge in [0.25, 0.3) is 0 Å². The van der Waals surface area contributed by atoms with Crippen molar-refractivity contribution in [3.05, 3.63) is 0 Å². The van der Waals surface area contributed by atoms with Gasteiger partial charge in [0.1, 0.15) is 6.04 Å². The molecule has 0 aromatic heterocycles. The highest BCUT2D eigenvalue weighted by Crippen LogP contribution is 2.28. The molecule has 0 radical (unpaired) electrons. The van der Waals surface area contributed by atoms with Gasteiger partial charge in [0.05, 0.1) is 0 Å². The summed E-state index contributed by atoms with van der Waals surface area (Å²) in [5, 5.41) is 10.7. The zero-order chi connectivity index (χ0) is 15.8. The minimum absolute atomic E-state index is 0.0542. The Morgan fingerprint density at radius 2 is 1.67 bits per heavy atom. The molecule has 21 heavy (non-hydrogen) atoms. The lowest BCUT2D eigenvalue weighted by Crippen LogP contribution is -2.50. The van der Waals surface area contributed by atoms with Gasteiger partial charge in [-0.25, -0.2) is 4.79 Å². The molecule has 0 bridgehead atoms. The summed E-state index contributed by atoms with van der Waals surface area (Å²) in [4.78, 5) is 34.7. The maximum absolute atomic E-state index is 11.7. The molecule has 7 heteroatoms. The number of rotatable bonds is 8. The van der Waals surface area contributed by atoms with Crippen molar-refractivity contribution >= 4 is 17.8 Å². The highest BCUT2D eigenvalue weighted by molar-refractivity contribution is 5.86. The molecule has 0 aromatic rings. The van der Waals surface area contributed by atoms with E-state index in [1.165, 1.54) is 0 Å². The molecule has 4 N–H and O–H groups in total. The van der Waals surface area contributed by atoms with Gasteiger partial charge in [0.2, 0.25) is 11.8 Å². The first kappa shape index (κ1) is 17.3. The van der Waals surface area contributed by atoms with E-state index in [-0.39, 0.29) is 23.8 Å². The Bertz CT molecular complexity index is 382. The number of nitrogens with one attached hydrogen (secondary N) is 4. The lowest BCUT2D eigenvalue weighted by molar-refractivity contribution is -0.123. The van der Waals surface area contributed by atoms with Gasteiger partial charge in [-0.3, -0.25) is 9.59 Å². The molecule has 7 nitrogen and oxygen atoms in total. The van der Waals surface area contributed by atoms with Gasteiger partial charge in [-0.1, -0.05) is 6.92 Å². The predicted octanol–water partition coefficient (Wildman–Crippen LogP) is 0.115. The summed E-state index contributed by atoms with van der Waals surface area (Å²) in [6.45, 7) is 6.26. The number of carbonyl (C=O) groups is 3. The van der Waals surface area contributed by atoms with Crippen molar-refractivity contribution in [3.63, 3.8) is 0 Å². The average Bonchev–Trinajstić information content (AvgIpc) is 3.27. The molecular weight excluding hydrogens is 272 g/mol. The maximum Gasteiger partial charge on any atom is 0.315 e. The monoisotopic (exact) mass is 298 g/mol. The SMILES string of the molecule is CCC(C)NC(=O)C(C)NC(=O)NCCNC(=O)C1CC1. The van der Waals surface area contributed by atoms with E-state index < -0.39 is 12.1 Å². The summed E-state index contributed by atoms with van der Waals surface area (Å²) in [5.41, 5.74) is 0. The van der Waals surface area contributed by atoms with Gasteiger partial charge in [-0.2, -0.15) is 0 Å². The molecule has 0 aliphatic heterocycles. The molecule has 2 unspecified atom stereocenters. The highest BCUT2D eigenvalue weighted by Gasteiger charge is 2.29. The van der Waals surface area contributed by atoms with Crippen LogP contribution in [0.25, 0.3) is 0 Å². The second kappa shape index (κ2) is 8.49. The number of hydrogen-bond acceptors (Lipinski definition) is 3. The van der Waals surface area contributed by atoms with E-state index in [1.54, 1.807) is 6.92 Å². The maximum atomic E-state index is 11.7. The molecule has 1 saturated carbocycles. The van der Waals surface area contributed by atoms with E-state index in [0.717, 1.165) is 19.3 Å². The zero-order valence-corrected chi connectivity index (χ0v) is 13.0. The summed E-state index contributed by atoms with van der Waals surface area (Å²) >= 11 is 0. The Hall–Kier alpha value is -1.79. The smallest absolute Gasteiger partial charge is 0.315 e. The topological polar surface area (TPSA) is 99.3 Å². The first-order chi connectivity index (χ1) is 9.93. The Morgan fingerprint density at radius 3 is 2.24 bits per heavy atom.